The molecule has 2 aliphatic rings. The van der Waals surface area contributed by atoms with Crippen LogP contribution in [0.25, 0.3) is 10.9 Å². The Hall–Kier alpha value is -2.91. The van der Waals surface area contributed by atoms with Crippen molar-refractivity contribution >= 4 is 32.2 Å². The van der Waals surface area contributed by atoms with Gasteiger partial charge in [-0.05, 0) is 36.6 Å². The number of fused-ring (bicyclic) bond motifs is 3. The van der Waals surface area contributed by atoms with E-state index in [0.29, 0.717) is 0 Å². The van der Waals surface area contributed by atoms with Gasteiger partial charge in [-0.3, -0.25) is 9.69 Å². The number of nitrogens with one attached hydrogen (secondary N) is 2. The predicted molar refractivity (Wildman–Crippen MR) is 126 cm³/mol. The van der Waals surface area contributed by atoms with E-state index in [1.54, 1.807) is 12.1 Å². The van der Waals surface area contributed by atoms with E-state index in [1.807, 2.05) is 0 Å². The van der Waals surface area contributed by atoms with Crippen molar-refractivity contribution in [1.29, 1.82) is 0 Å². The van der Waals surface area contributed by atoms with Crippen molar-refractivity contribution in [3.8, 4) is 0 Å². The van der Waals surface area contributed by atoms with Gasteiger partial charge in [-0.1, -0.05) is 12.1 Å². The van der Waals surface area contributed by atoms with Crippen LogP contribution < -0.4 is 15.8 Å². The Morgan fingerprint density at radius 1 is 1.09 bits per heavy atom. The molecule has 1 fully saturated rings. The average molecular weight is 454 g/mol. The van der Waals surface area contributed by atoms with E-state index in [2.05, 4.69) is 43.3 Å². The molecule has 9 heteroatoms. The maximum absolute atomic E-state index is 12.5. The Morgan fingerprint density at radius 3 is 2.62 bits per heavy atom. The molecule has 32 heavy (non-hydrogen) atoms. The summed E-state index contributed by atoms with van der Waals surface area (Å²) in [5, 5.41) is 4.48. The van der Waals surface area contributed by atoms with Crippen LogP contribution in [0.1, 0.15) is 17.5 Å². The summed E-state index contributed by atoms with van der Waals surface area (Å²) in [5.74, 6) is 0.803. The highest BCUT2D eigenvalue weighted by Crippen LogP contribution is 2.28. The molecule has 5 rings (SSSR count). The van der Waals surface area contributed by atoms with Crippen molar-refractivity contribution in [1.82, 2.24) is 14.9 Å². The number of aromatic nitrogens is 2. The number of sulfone groups is 1. The summed E-state index contributed by atoms with van der Waals surface area (Å²) in [5.41, 5.74) is 3.93. The molecule has 0 amide bonds. The highest BCUT2D eigenvalue weighted by Gasteiger charge is 2.20. The Bertz CT molecular complexity index is 1310. The van der Waals surface area contributed by atoms with Crippen LogP contribution in [0.15, 0.2) is 46.2 Å². The standard InChI is InChI=1S/C23H27N5O3S/c1-32(30,31)17-5-7-21(25-14-17)28-11-9-27(10-12-28)15-16-4-6-18-20(13-16)26-23(29)19-3-2-8-24-22(18)19/h4-7,13-14,24H,2-3,8-12,15H2,1H3,(H,26,29). The van der Waals surface area contributed by atoms with E-state index in [4.69, 9.17) is 0 Å². The third-order valence-electron chi connectivity index (χ3n) is 6.33. The molecule has 3 aromatic rings. The second-order valence-electron chi connectivity index (χ2n) is 8.61. The lowest BCUT2D eigenvalue weighted by atomic mass is 10.0. The lowest BCUT2D eigenvalue weighted by Gasteiger charge is -2.35. The van der Waals surface area contributed by atoms with Crippen molar-refractivity contribution < 1.29 is 8.42 Å². The minimum atomic E-state index is -3.23. The summed E-state index contributed by atoms with van der Waals surface area (Å²) in [7, 11) is -3.23. The maximum Gasteiger partial charge on any atom is 0.253 e. The largest absolute Gasteiger partial charge is 0.384 e. The van der Waals surface area contributed by atoms with Gasteiger partial charge in [0.2, 0.25) is 0 Å². The second-order valence-corrected chi connectivity index (χ2v) is 10.6. The van der Waals surface area contributed by atoms with E-state index in [1.165, 1.54) is 18.0 Å². The Balaban J connectivity index is 1.26. The summed E-state index contributed by atoms with van der Waals surface area (Å²) in [4.78, 5) is 24.7. The number of piperazine rings is 1. The number of anilines is 2. The van der Waals surface area contributed by atoms with Gasteiger partial charge in [-0.2, -0.15) is 0 Å². The minimum absolute atomic E-state index is 0.0138. The number of hydrogen-bond donors (Lipinski definition) is 2. The number of aromatic amines is 1. The van der Waals surface area contributed by atoms with Crippen molar-refractivity contribution in [2.45, 2.75) is 24.3 Å². The highest BCUT2D eigenvalue weighted by atomic mass is 32.2. The van der Waals surface area contributed by atoms with Gasteiger partial charge in [0.05, 0.1) is 16.1 Å². The quantitative estimate of drug-likeness (QED) is 0.624. The van der Waals surface area contributed by atoms with E-state index in [-0.39, 0.29) is 10.5 Å². The van der Waals surface area contributed by atoms with Gasteiger partial charge >= 0.3 is 0 Å². The van der Waals surface area contributed by atoms with E-state index in [0.717, 1.165) is 80.1 Å². The first-order valence-corrected chi connectivity index (χ1v) is 12.8. The lowest BCUT2D eigenvalue weighted by molar-refractivity contribution is 0.249. The molecule has 1 aromatic carbocycles. The maximum atomic E-state index is 12.5. The summed E-state index contributed by atoms with van der Waals surface area (Å²) in [6, 6.07) is 9.75. The predicted octanol–water partition coefficient (Wildman–Crippen LogP) is 2.01. The van der Waals surface area contributed by atoms with E-state index < -0.39 is 9.84 Å². The Kier molecular flexibility index (Phi) is 5.38. The number of hydrogen-bond acceptors (Lipinski definition) is 7. The topological polar surface area (TPSA) is 98.4 Å². The molecule has 4 heterocycles. The summed E-state index contributed by atoms with van der Waals surface area (Å²) < 4.78 is 23.2. The van der Waals surface area contributed by atoms with Crippen LogP contribution in [0.5, 0.6) is 0 Å². The first-order valence-electron chi connectivity index (χ1n) is 10.9. The molecular weight excluding hydrogens is 426 g/mol. The van der Waals surface area contributed by atoms with Crippen LogP contribution in [-0.2, 0) is 22.8 Å². The van der Waals surface area contributed by atoms with Gasteiger partial charge in [0, 0.05) is 62.7 Å². The molecule has 1 saturated heterocycles. The van der Waals surface area contributed by atoms with Crippen molar-refractivity contribution in [2.75, 3.05) is 49.2 Å². The first-order chi connectivity index (χ1) is 15.4. The summed E-state index contributed by atoms with van der Waals surface area (Å²) in [6.45, 7) is 5.14. The average Bonchev–Trinajstić information content (AvgIpc) is 2.79. The van der Waals surface area contributed by atoms with Crippen molar-refractivity contribution in [3.05, 3.63) is 58.0 Å². The molecule has 0 atom stereocenters. The molecule has 2 aromatic heterocycles. The van der Waals surface area contributed by atoms with Crippen LogP contribution in [-0.4, -0.2) is 62.3 Å². The zero-order chi connectivity index (χ0) is 22.3. The third-order valence-corrected chi connectivity index (χ3v) is 7.43. The van der Waals surface area contributed by atoms with Gasteiger partial charge in [-0.25, -0.2) is 13.4 Å². The zero-order valence-electron chi connectivity index (χ0n) is 18.1. The fourth-order valence-electron chi connectivity index (χ4n) is 4.58. The molecule has 0 radical (unpaired) electrons. The molecule has 2 N–H and O–H groups in total. The van der Waals surface area contributed by atoms with Gasteiger partial charge in [0.25, 0.3) is 5.56 Å². The van der Waals surface area contributed by atoms with Gasteiger partial charge in [0.1, 0.15) is 5.82 Å². The van der Waals surface area contributed by atoms with Gasteiger partial charge in [-0.15, -0.1) is 0 Å². The molecular formula is C23H27N5O3S. The minimum Gasteiger partial charge on any atom is -0.384 e. The Labute approximate surface area is 187 Å². The SMILES string of the molecule is CS(=O)(=O)c1ccc(N2CCN(Cc3ccc4c5c(c(=O)[nH]c4c3)CCCN5)CC2)nc1. The second kappa shape index (κ2) is 8.22. The van der Waals surface area contributed by atoms with Crippen LogP contribution in [0.2, 0.25) is 0 Å². The molecule has 0 bridgehead atoms. The van der Waals surface area contributed by atoms with E-state index >= 15 is 0 Å². The Morgan fingerprint density at radius 2 is 1.91 bits per heavy atom. The van der Waals surface area contributed by atoms with E-state index in [9.17, 15) is 13.2 Å². The molecule has 0 aliphatic carbocycles. The van der Waals surface area contributed by atoms with Crippen molar-refractivity contribution in [2.24, 2.45) is 0 Å². The fourth-order valence-corrected chi connectivity index (χ4v) is 5.14. The smallest absolute Gasteiger partial charge is 0.253 e. The zero-order valence-corrected chi connectivity index (χ0v) is 18.9. The molecule has 0 spiro atoms. The lowest BCUT2D eigenvalue weighted by Crippen LogP contribution is -2.46. The molecule has 0 unspecified atom stereocenters. The number of H-pyrrole nitrogens is 1. The normalized spacial score (nSPS) is 17.2. The molecule has 168 valence electrons. The van der Waals surface area contributed by atoms with Crippen LogP contribution in [0.4, 0.5) is 11.5 Å². The monoisotopic (exact) mass is 453 g/mol. The first kappa shape index (κ1) is 21.0. The summed E-state index contributed by atoms with van der Waals surface area (Å²) >= 11 is 0. The van der Waals surface area contributed by atoms with Crippen LogP contribution in [0, 0.1) is 0 Å². The molecule has 8 nitrogen and oxygen atoms in total. The third kappa shape index (κ3) is 4.10. The number of benzene rings is 1. The molecule has 0 saturated carbocycles. The number of rotatable bonds is 4. The van der Waals surface area contributed by atoms with Gasteiger partial charge in [0.15, 0.2) is 9.84 Å². The van der Waals surface area contributed by atoms with Crippen molar-refractivity contribution in [3.63, 3.8) is 0 Å². The summed E-state index contributed by atoms with van der Waals surface area (Å²) in [6.07, 6.45) is 4.44. The highest BCUT2D eigenvalue weighted by molar-refractivity contribution is 7.90. The number of nitrogens with zero attached hydrogens (tertiary/aromatic N) is 3. The number of pyridine rings is 2. The van der Waals surface area contributed by atoms with Crippen LogP contribution >= 0.6 is 0 Å². The van der Waals surface area contributed by atoms with Crippen LogP contribution in [0.3, 0.4) is 0 Å². The fraction of sp³-hybridized carbons (Fsp3) is 0.391. The van der Waals surface area contributed by atoms with Gasteiger partial charge < -0.3 is 15.2 Å². The molecule has 2 aliphatic heterocycles.